The molecule has 0 saturated heterocycles. The second-order valence-corrected chi connectivity index (χ2v) is 5.27. The Labute approximate surface area is 105 Å². The van der Waals surface area contributed by atoms with Gasteiger partial charge in [0.2, 0.25) is 0 Å². The summed E-state index contributed by atoms with van der Waals surface area (Å²) in [6, 6.07) is 0.424. The standard InChI is InChI=1S/C11H18IN3/c1-7(2)10(8(3)13-4)11-9(12)5-14-6-15-11/h5-8,10,13H,1-4H3. The maximum absolute atomic E-state index is 4.41. The molecule has 1 heterocycles. The third-order valence-electron chi connectivity index (χ3n) is 2.72. The Balaban J connectivity index is 3.04. The SMILES string of the molecule is CNC(C)C(c1ncncc1I)C(C)C. The van der Waals surface area contributed by atoms with Crippen molar-refractivity contribution in [2.45, 2.75) is 32.7 Å². The molecule has 1 N–H and O–H groups in total. The highest BCUT2D eigenvalue weighted by molar-refractivity contribution is 14.1. The molecule has 0 aromatic carbocycles. The summed E-state index contributed by atoms with van der Waals surface area (Å²) in [6.07, 6.45) is 3.51. The van der Waals surface area contributed by atoms with E-state index in [2.05, 4.69) is 58.6 Å². The number of hydrogen-bond acceptors (Lipinski definition) is 3. The lowest BCUT2D eigenvalue weighted by atomic mass is 9.86. The fourth-order valence-electron chi connectivity index (χ4n) is 1.88. The molecule has 2 atom stereocenters. The van der Waals surface area contributed by atoms with E-state index in [4.69, 9.17) is 0 Å². The molecule has 0 saturated carbocycles. The second-order valence-electron chi connectivity index (χ2n) is 4.10. The van der Waals surface area contributed by atoms with E-state index in [0.717, 1.165) is 9.26 Å². The molecule has 2 unspecified atom stereocenters. The molecule has 1 rings (SSSR count). The van der Waals surface area contributed by atoms with Crippen LogP contribution in [0.1, 0.15) is 32.4 Å². The molecule has 3 nitrogen and oxygen atoms in total. The maximum atomic E-state index is 4.41. The highest BCUT2D eigenvalue weighted by Crippen LogP contribution is 2.28. The van der Waals surface area contributed by atoms with Gasteiger partial charge in [-0.3, -0.25) is 0 Å². The molecule has 4 heteroatoms. The highest BCUT2D eigenvalue weighted by Gasteiger charge is 2.24. The summed E-state index contributed by atoms with van der Waals surface area (Å²) in [7, 11) is 1.99. The Morgan fingerprint density at radius 3 is 2.47 bits per heavy atom. The van der Waals surface area contributed by atoms with Crippen LogP contribution in [-0.4, -0.2) is 23.1 Å². The number of rotatable bonds is 4. The molecule has 0 aliphatic rings. The van der Waals surface area contributed by atoms with E-state index in [9.17, 15) is 0 Å². The summed E-state index contributed by atoms with van der Waals surface area (Å²) in [5.74, 6) is 1.00. The average molecular weight is 319 g/mol. The third-order valence-corrected chi connectivity index (χ3v) is 3.56. The van der Waals surface area contributed by atoms with Gasteiger partial charge in [-0.15, -0.1) is 0 Å². The van der Waals surface area contributed by atoms with E-state index in [1.165, 1.54) is 0 Å². The first-order chi connectivity index (χ1) is 7.07. The van der Waals surface area contributed by atoms with Gasteiger partial charge in [0.25, 0.3) is 0 Å². The lowest BCUT2D eigenvalue weighted by molar-refractivity contribution is 0.386. The molecule has 0 bridgehead atoms. The van der Waals surface area contributed by atoms with Crippen LogP contribution in [0, 0.1) is 9.49 Å². The molecule has 0 fully saturated rings. The predicted molar refractivity (Wildman–Crippen MR) is 70.8 cm³/mol. The van der Waals surface area contributed by atoms with E-state index in [1.807, 2.05) is 13.2 Å². The Morgan fingerprint density at radius 1 is 1.33 bits per heavy atom. The van der Waals surface area contributed by atoms with Crippen LogP contribution in [0.2, 0.25) is 0 Å². The van der Waals surface area contributed by atoms with Crippen molar-refractivity contribution in [3.05, 3.63) is 21.8 Å². The van der Waals surface area contributed by atoms with Crippen LogP contribution in [0.3, 0.4) is 0 Å². The summed E-state index contributed by atoms with van der Waals surface area (Å²) in [5, 5.41) is 3.31. The van der Waals surface area contributed by atoms with Crippen molar-refractivity contribution in [3.63, 3.8) is 0 Å². The molecule has 0 aliphatic heterocycles. The summed E-state index contributed by atoms with van der Waals surface area (Å²) in [6.45, 7) is 6.66. The fourth-order valence-corrected chi connectivity index (χ4v) is 2.54. The predicted octanol–water partition coefficient (Wildman–Crippen LogP) is 2.43. The Kier molecular flexibility index (Phi) is 4.92. The molecule has 1 aromatic rings. The van der Waals surface area contributed by atoms with Crippen LogP contribution in [0.25, 0.3) is 0 Å². The summed E-state index contributed by atoms with van der Waals surface area (Å²) >= 11 is 2.31. The second kappa shape index (κ2) is 5.75. The summed E-state index contributed by atoms with van der Waals surface area (Å²) in [4.78, 5) is 8.44. The van der Waals surface area contributed by atoms with Crippen LogP contribution in [0.4, 0.5) is 0 Å². The van der Waals surface area contributed by atoms with Gasteiger partial charge in [0.05, 0.1) is 9.26 Å². The molecule has 0 spiro atoms. The first-order valence-electron chi connectivity index (χ1n) is 5.20. The first kappa shape index (κ1) is 12.8. The molecule has 0 aliphatic carbocycles. The van der Waals surface area contributed by atoms with Gasteiger partial charge in [-0.05, 0) is 42.5 Å². The quantitative estimate of drug-likeness (QED) is 0.866. The van der Waals surface area contributed by atoms with Gasteiger partial charge in [0.15, 0.2) is 0 Å². The molecule has 1 aromatic heterocycles. The monoisotopic (exact) mass is 319 g/mol. The minimum atomic E-state index is 0.424. The molecule has 84 valence electrons. The van der Waals surface area contributed by atoms with Gasteiger partial charge in [-0.25, -0.2) is 9.97 Å². The minimum absolute atomic E-state index is 0.424. The van der Waals surface area contributed by atoms with Crippen LogP contribution in [-0.2, 0) is 0 Å². The van der Waals surface area contributed by atoms with Crippen LogP contribution in [0.15, 0.2) is 12.5 Å². The number of nitrogens with zero attached hydrogens (tertiary/aromatic N) is 2. The lowest BCUT2D eigenvalue weighted by Crippen LogP contribution is -2.33. The van der Waals surface area contributed by atoms with Crippen LogP contribution >= 0.6 is 22.6 Å². The van der Waals surface area contributed by atoms with Crippen LogP contribution in [0.5, 0.6) is 0 Å². The molecule has 0 radical (unpaired) electrons. The van der Waals surface area contributed by atoms with Crippen LogP contribution < -0.4 is 5.32 Å². The van der Waals surface area contributed by atoms with Crippen molar-refractivity contribution in [2.24, 2.45) is 5.92 Å². The Bertz CT molecular complexity index is 314. The Morgan fingerprint density at radius 2 is 2.00 bits per heavy atom. The maximum Gasteiger partial charge on any atom is 0.115 e. The van der Waals surface area contributed by atoms with Gasteiger partial charge in [-0.1, -0.05) is 13.8 Å². The zero-order valence-electron chi connectivity index (χ0n) is 9.66. The summed E-state index contributed by atoms with van der Waals surface area (Å²) in [5.41, 5.74) is 1.16. The smallest absolute Gasteiger partial charge is 0.115 e. The van der Waals surface area contributed by atoms with E-state index >= 15 is 0 Å². The van der Waals surface area contributed by atoms with Gasteiger partial charge in [0, 0.05) is 18.2 Å². The van der Waals surface area contributed by atoms with E-state index in [1.54, 1.807) is 6.33 Å². The molecule has 0 amide bonds. The number of likely N-dealkylation sites (N-methyl/N-ethyl adjacent to an activating group) is 1. The fraction of sp³-hybridized carbons (Fsp3) is 0.636. The number of aromatic nitrogens is 2. The van der Waals surface area contributed by atoms with Crippen molar-refractivity contribution in [1.82, 2.24) is 15.3 Å². The van der Waals surface area contributed by atoms with Gasteiger partial charge in [-0.2, -0.15) is 0 Å². The topological polar surface area (TPSA) is 37.8 Å². The number of halogens is 1. The third kappa shape index (κ3) is 3.11. The normalized spacial score (nSPS) is 15.3. The Hall–Kier alpha value is -0.230. The molecular formula is C11H18IN3. The average Bonchev–Trinajstić information content (AvgIpc) is 2.20. The van der Waals surface area contributed by atoms with Crippen molar-refractivity contribution in [3.8, 4) is 0 Å². The minimum Gasteiger partial charge on any atom is -0.317 e. The van der Waals surface area contributed by atoms with Gasteiger partial charge >= 0.3 is 0 Å². The van der Waals surface area contributed by atoms with E-state index in [0.29, 0.717) is 17.9 Å². The zero-order valence-corrected chi connectivity index (χ0v) is 11.8. The lowest BCUT2D eigenvalue weighted by Gasteiger charge is -2.27. The van der Waals surface area contributed by atoms with Crippen molar-refractivity contribution >= 4 is 22.6 Å². The first-order valence-corrected chi connectivity index (χ1v) is 6.28. The van der Waals surface area contributed by atoms with Crippen molar-refractivity contribution in [1.29, 1.82) is 0 Å². The number of nitrogens with one attached hydrogen (secondary N) is 1. The van der Waals surface area contributed by atoms with E-state index in [-0.39, 0.29) is 0 Å². The van der Waals surface area contributed by atoms with E-state index < -0.39 is 0 Å². The molecular weight excluding hydrogens is 301 g/mol. The number of hydrogen-bond donors (Lipinski definition) is 1. The van der Waals surface area contributed by atoms with Crippen molar-refractivity contribution in [2.75, 3.05) is 7.05 Å². The zero-order chi connectivity index (χ0) is 11.4. The van der Waals surface area contributed by atoms with Gasteiger partial charge in [0.1, 0.15) is 6.33 Å². The largest absolute Gasteiger partial charge is 0.317 e. The van der Waals surface area contributed by atoms with Crippen molar-refractivity contribution < 1.29 is 0 Å². The highest BCUT2D eigenvalue weighted by atomic mass is 127. The molecule has 15 heavy (non-hydrogen) atoms. The van der Waals surface area contributed by atoms with Gasteiger partial charge < -0.3 is 5.32 Å². The summed E-state index contributed by atoms with van der Waals surface area (Å²) < 4.78 is 1.15.